The third-order valence-electron chi connectivity index (χ3n) is 4.12. The topological polar surface area (TPSA) is 67.3 Å². The van der Waals surface area contributed by atoms with Gasteiger partial charge in [-0.15, -0.1) is 0 Å². The summed E-state index contributed by atoms with van der Waals surface area (Å²) in [6, 6.07) is 6.23. The van der Waals surface area contributed by atoms with E-state index in [-0.39, 0.29) is 17.8 Å². The number of benzene rings is 1. The molecule has 126 valence electrons. The Morgan fingerprint density at radius 3 is 3.00 bits per heavy atom. The zero-order valence-electron chi connectivity index (χ0n) is 13.6. The van der Waals surface area contributed by atoms with E-state index < -0.39 is 0 Å². The van der Waals surface area contributed by atoms with E-state index in [1.807, 2.05) is 0 Å². The largest absolute Gasteiger partial charge is 0.481 e. The highest BCUT2D eigenvalue weighted by Crippen LogP contribution is 2.30. The normalized spacial score (nSPS) is 17.0. The lowest BCUT2D eigenvalue weighted by molar-refractivity contribution is -0.129. The maximum absolute atomic E-state index is 13.6. The summed E-state index contributed by atoms with van der Waals surface area (Å²) in [5.41, 5.74) is 1.75. The average molecular weight is 330 g/mol. The van der Waals surface area contributed by atoms with Crippen LogP contribution >= 0.6 is 0 Å². The molecule has 1 aliphatic rings. The van der Waals surface area contributed by atoms with E-state index in [1.165, 1.54) is 19.1 Å². The Kier molecular flexibility index (Phi) is 4.59. The lowest BCUT2D eigenvalue weighted by Crippen LogP contribution is -2.28. The zero-order valence-corrected chi connectivity index (χ0v) is 13.6. The second-order valence-electron chi connectivity index (χ2n) is 5.69. The number of halogens is 1. The van der Waals surface area contributed by atoms with Gasteiger partial charge in [0.25, 0.3) is 0 Å². The SMILES string of the molecule is COc1ccnc(NC2CCN(C(C)=O)Cc3cc(F)ccc32)n1. The lowest BCUT2D eigenvalue weighted by atomic mass is 9.99. The standard InChI is InChI=1S/C17H19FN4O2/c1-11(23)22-8-6-15(14-4-3-13(18)9-12(14)10-22)20-17-19-7-5-16(21-17)24-2/h3-5,7,9,15H,6,8,10H2,1-2H3,(H,19,20,21). The van der Waals surface area contributed by atoms with Crippen molar-refractivity contribution in [2.24, 2.45) is 0 Å². The third kappa shape index (κ3) is 3.45. The first-order chi connectivity index (χ1) is 11.6. The molecule has 0 fully saturated rings. The van der Waals surface area contributed by atoms with Gasteiger partial charge in [0.1, 0.15) is 5.82 Å². The van der Waals surface area contributed by atoms with Crippen molar-refractivity contribution in [2.75, 3.05) is 19.0 Å². The second-order valence-corrected chi connectivity index (χ2v) is 5.69. The number of amides is 1. The molecule has 7 heteroatoms. The van der Waals surface area contributed by atoms with Gasteiger partial charge in [0.15, 0.2) is 0 Å². The highest BCUT2D eigenvalue weighted by molar-refractivity contribution is 5.73. The number of hydrogen-bond acceptors (Lipinski definition) is 5. The maximum atomic E-state index is 13.6. The summed E-state index contributed by atoms with van der Waals surface area (Å²) in [7, 11) is 1.54. The Morgan fingerprint density at radius 2 is 2.25 bits per heavy atom. The van der Waals surface area contributed by atoms with Gasteiger partial charge in [0.05, 0.1) is 13.2 Å². The maximum Gasteiger partial charge on any atom is 0.226 e. The summed E-state index contributed by atoms with van der Waals surface area (Å²) in [5, 5.41) is 3.27. The van der Waals surface area contributed by atoms with Gasteiger partial charge in [0, 0.05) is 32.3 Å². The molecule has 1 amide bonds. The monoisotopic (exact) mass is 330 g/mol. The molecule has 2 aromatic rings. The van der Waals surface area contributed by atoms with Crippen molar-refractivity contribution in [3.05, 3.63) is 47.4 Å². The molecule has 0 bridgehead atoms. The molecule has 0 saturated heterocycles. The summed E-state index contributed by atoms with van der Waals surface area (Å²) in [6.45, 7) is 2.50. The quantitative estimate of drug-likeness (QED) is 0.937. The predicted octanol–water partition coefficient (Wildman–Crippen LogP) is 2.53. The summed E-state index contributed by atoms with van der Waals surface area (Å²) in [6.07, 6.45) is 2.29. The van der Waals surface area contributed by atoms with E-state index in [0.29, 0.717) is 31.3 Å². The Hall–Kier alpha value is -2.70. The molecule has 0 spiro atoms. The average Bonchev–Trinajstić information content (AvgIpc) is 2.74. The molecule has 1 N–H and O–H groups in total. The number of fused-ring (bicyclic) bond motifs is 1. The molecule has 1 aliphatic heterocycles. The Balaban J connectivity index is 1.91. The van der Waals surface area contributed by atoms with Crippen LogP contribution in [0.15, 0.2) is 30.5 Å². The number of hydrogen-bond donors (Lipinski definition) is 1. The van der Waals surface area contributed by atoms with Crippen LogP contribution in [0.1, 0.15) is 30.5 Å². The van der Waals surface area contributed by atoms with E-state index in [2.05, 4.69) is 15.3 Å². The predicted molar refractivity (Wildman–Crippen MR) is 87.1 cm³/mol. The molecule has 1 unspecified atom stereocenters. The third-order valence-corrected chi connectivity index (χ3v) is 4.12. The van der Waals surface area contributed by atoms with Crippen LogP contribution in [0.4, 0.5) is 10.3 Å². The van der Waals surface area contributed by atoms with Crippen molar-refractivity contribution in [1.29, 1.82) is 0 Å². The molecule has 24 heavy (non-hydrogen) atoms. The molecule has 0 aliphatic carbocycles. The van der Waals surface area contributed by atoms with Gasteiger partial charge >= 0.3 is 0 Å². The van der Waals surface area contributed by atoms with Gasteiger partial charge in [-0.1, -0.05) is 6.07 Å². The van der Waals surface area contributed by atoms with Gasteiger partial charge in [0.2, 0.25) is 17.7 Å². The lowest BCUT2D eigenvalue weighted by Gasteiger charge is -2.19. The molecule has 3 rings (SSSR count). The summed E-state index contributed by atoms with van der Waals surface area (Å²) < 4.78 is 18.8. The number of aromatic nitrogens is 2. The molecular formula is C17H19FN4O2. The molecular weight excluding hydrogens is 311 g/mol. The number of carbonyl (C=O) groups excluding carboxylic acids is 1. The fourth-order valence-electron chi connectivity index (χ4n) is 2.88. The number of methoxy groups -OCH3 is 1. The first-order valence-electron chi connectivity index (χ1n) is 7.74. The van der Waals surface area contributed by atoms with Crippen molar-refractivity contribution in [1.82, 2.24) is 14.9 Å². The zero-order chi connectivity index (χ0) is 17.1. The summed E-state index contributed by atoms with van der Waals surface area (Å²) >= 11 is 0. The Labute approximate surface area is 139 Å². The number of nitrogens with zero attached hydrogens (tertiary/aromatic N) is 3. The van der Waals surface area contributed by atoms with Crippen LogP contribution in [0.25, 0.3) is 0 Å². The van der Waals surface area contributed by atoms with Crippen molar-refractivity contribution in [3.8, 4) is 5.88 Å². The van der Waals surface area contributed by atoms with Crippen molar-refractivity contribution in [2.45, 2.75) is 25.9 Å². The molecule has 2 heterocycles. The van der Waals surface area contributed by atoms with Gasteiger partial charge in [-0.05, 0) is 29.7 Å². The van der Waals surface area contributed by atoms with Crippen molar-refractivity contribution < 1.29 is 13.9 Å². The molecule has 0 saturated carbocycles. The van der Waals surface area contributed by atoms with E-state index in [0.717, 1.165) is 11.1 Å². The molecule has 1 aromatic heterocycles. The van der Waals surface area contributed by atoms with Gasteiger partial charge in [-0.25, -0.2) is 9.37 Å². The van der Waals surface area contributed by atoms with Gasteiger partial charge < -0.3 is 15.0 Å². The van der Waals surface area contributed by atoms with Crippen LogP contribution in [0, 0.1) is 5.82 Å². The van der Waals surface area contributed by atoms with Crippen molar-refractivity contribution in [3.63, 3.8) is 0 Å². The first kappa shape index (κ1) is 16.2. The number of anilines is 1. The highest BCUT2D eigenvalue weighted by atomic mass is 19.1. The second kappa shape index (κ2) is 6.82. The summed E-state index contributed by atoms with van der Waals surface area (Å²) in [4.78, 5) is 21.9. The molecule has 1 aromatic carbocycles. The van der Waals surface area contributed by atoms with Gasteiger partial charge in [-0.2, -0.15) is 4.98 Å². The minimum absolute atomic E-state index is 0.0245. The van der Waals surface area contributed by atoms with Crippen molar-refractivity contribution >= 4 is 11.9 Å². The number of rotatable bonds is 3. The first-order valence-corrected chi connectivity index (χ1v) is 7.74. The molecule has 0 radical (unpaired) electrons. The van der Waals surface area contributed by atoms with E-state index in [1.54, 1.807) is 30.3 Å². The molecule has 1 atom stereocenters. The van der Waals surface area contributed by atoms with Crippen LogP contribution < -0.4 is 10.1 Å². The van der Waals surface area contributed by atoms with E-state index in [4.69, 9.17) is 4.74 Å². The van der Waals surface area contributed by atoms with Crippen LogP contribution in [0.5, 0.6) is 5.88 Å². The van der Waals surface area contributed by atoms with E-state index >= 15 is 0 Å². The highest BCUT2D eigenvalue weighted by Gasteiger charge is 2.24. The fraction of sp³-hybridized carbons (Fsp3) is 0.353. The van der Waals surface area contributed by atoms with Gasteiger partial charge in [-0.3, -0.25) is 4.79 Å². The summed E-state index contributed by atoms with van der Waals surface area (Å²) in [5.74, 6) is 0.565. The van der Waals surface area contributed by atoms with Crippen LogP contribution in [-0.2, 0) is 11.3 Å². The van der Waals surface area contributed by atoms with Crippen LogP contribution in [0.2, 0.25) is 0 Å². The Bertz CT molecular complexity index is 753. The van der Waals surface area contributed by atoms with Crippen LogP contribution in [0.3, 0.4) is 0 Å². The number of carbonyl (C=O) groups is 1. The Morgan fingerprint density at radius 1 is 1.42 bits per heavy atom. The number of nitrogens with one attached hydrogen (secondary N) is 1. The minimum atomic E-state index is -0.310. The number of ether oxygens (including phenoxy) is 1. The smallest absolute Gasteiger partial charge is 0.226 e. The minimum Gasteiger partial charge on any atom is -0.481 e. The van der Waals surface area contributed by atoms with E-state index in [9.17, 15) is 9.18 Å². The van der Waals surface area contributed by atoms with Crippen LogP contribution in [-0.4, -0.2) is 34.4 Å². The fourth-order valence-corrected chi connectivity index (χ4v) is 2.88. The molecule has 6 nitrogen and oxygen atoms in total.